The molecule has 116 heavy (non-hydrogen) atoms. The van der Waals surface area contributed by atoms with Crippen LogP contribution in [0.25, 0.3) is 0 Å². The molecule has 7 aromatic rings. The first kappa shape index (κ1) is 97.0. The van der Waals surface area contributed by atoms with Gasteiger partial charge < -0.3 is 68.3 Å². The minimum Gasteiger partial charge on any atom is -0.505 e. The average molecular weight is 2230 g/mol. The number of aliphatic hydroxyl groups excluding tert-OH is 1. The van der Waals surface area contributed by atoms with E-state index in [1.807, 2.05) is 30.6 Å². The number of esters is 3. The molecule has 19 nitrogen and oxygen atoms in total. The lowest BCUT2D eigenvalue weighted by Crippen LogP contribution is -2.33. The Morgan fingerprint density at radius 3 is 1.41 bits per heavy atom. The number of aldehydes is 2. The molecule has 7 heterocycles. The molecule has 7 aliphatic heterocycles. The molecule has 0 aliphatic carbocycles. The molecule has 14 rings (SSSR count). The van der Waals surface area contributed by atoms with Crippen LogP contribution in [0.15, 0.2) is 72.2 Å². The SMILES string of the molecule is COC(=O)[C@@]1(C)CCN(c2c(C=O)c(Br)c(F)c3c2OCC3)C1.COC(=O)[C@@]1(C)CCN(c2c(CO)c(Br)c(F)c3c2OCC3)C1.COC(=O)[C@@]1(C)CCNC1.Fc1cc(Br)c(F)c(Br)c1OCCBr.Fc1cc(Br)c(F)c2c1OCC2.O=Cc1c(F)c2c(c(F)c1Br)CCO2.Oc1c(F)cc(Br)c(F)c1Br.Oc1cc(F)ccc1F. The Morgan fingerprint density at radius 1 is 0.500 bits per heavy atom. The molecule has 3 atom stereocenters. The van der Waals surface area contributed by atoms with E-state index < -0.39 is 86.3 Å². The molecule has 0 amide bonds. The molecule has 0 spiro atoms. The van der Waals surface area contributed by atoms with Gasteiger partial charge in [-0.05, 0) is 204 Å². The fourth-order valence-electron chi connectivity index (χ4n) is 12.6. The zero-order valence-electron chi connectivity index (χ0n) is 61.7. The summed E-state index contributed by atoms with van der Waals surface area (Å²) in [6, 6.07) is 5.49. The molecule has 7 aliphatic rings. The highest BCUT2D eigenvalue weighted by Gasteiger charge is 2.46. The zero-order chi connectivity index (χ0) is 86.3. The Kier molecular flexibility index (Phi) is 35.9. The average Bonchev–Trinajstić information content (AvgIpc) is 1.58. The van der Waals surface area contributed by atoms with Crippen LogP contribution in [0.3, 0.4) is 0 Å². The fraction of sp³-hybridized carbons (Fsp3) is 0.382. The predicted octanol–water partition coefficient (Wildman–Crippen LogP) is 19.6. The van der Waals surface area contributed by atoms with Gasteiger partial charge in [0.2, 0.25) is 0 Å². The van der Waals surface area contributed by atoms with Crippen molar-refractivity contribution in [3.8, 4) is 40.2 Å². The maximum Gasteiger partial charge on any atom is 0.313 e. The number of hydrogen-bond acceptors (Lipinski definition) is 19. The second kappa shape index (κ2) is 42.9. The van der Waals surface area contributed by atoms with Crippen molar-refractivity contribution in [2.75, 3.05) is 109 Å². The minimum absolute atomic E-state index is 0.00896. The quantitative estimate of drug-likeness (QED) is 0.0179. The summed E-state index contributed by atoms with van der Waals surface area (Å²) >= 11 is 26.6. The number of alkyl halides is 1. The number of hydrogen-bond donors (Lipinski definition) is 4. The number of fused-ring (bicyclic) bond motifs is 4. The van der Waals surface area contributed by atoms with Gasteiger partial charge in [0, 0.05) is 97.6 Å². The molecule has 3 saturated heterocycles. The monoisotopic (exact) mass is 2220 g/mol. The maximum atomic E-state index is 14.4. The zero-order valence-corrected chi connectivity index (χ0v) is 76.0. The molecule has 4 N–H and O–H groups in total. The van der Waals surface area contributed by atoms with Crippen molar-refractivity contribution in [2.24, 2.45) is 16.2 Å². The van der Waals surface area contributed by atoms with E-state index in [4.69, 9.17) is 43.4 Å². The first-order valence-corrected chi connectivity index (χ1v) is 41.8. The van der Waals surface area contributed by atoms with E-state index >= 15 is 0 Å². The van der Waals surface area contributed by atoms with Crippen LogP contribution in [0, 0.1) is 86.1 Å². The summed E-state index contributed by atoms with van der Waals surface area (Å²) < 4.78 is 199. The lowest BCUT2D eigenvalue weighted by atomic mass is 9.90. The van der Waals surface area contributed by atoms with Crippen molar-refractivity contribution in [3.63, 3.8) is 0 Å². The van der Waals surface area contributed by atoms with Gasteiger partial charge in [0.15, 0.2) is 82.0 Å². The largest absolute Gasteiger partial charge is 0.505 e. The smallest absolute Gasteiger partial charge is 0.313 e. The highest BCUT2D eigenvalue weighted by atomic mass is 79.9. The van der Waals surface area contributed by atoms with Crippen LogP contribution < -0.4 is 38.8 Å². The van der Waals surface area contributed by atoms with Crippen molar-refractivity contribution in [2.45, 2.75) is 72.3 Å². The highest BCUT2D eigenvalue weighted by Crippen LogP contribution is 2.51. The number of anilines is 2. The number of phenolic OH excluding ortho intramolecular Hbond substituents is 2. The van der Waals surface area contributed by atoms with E-state index in [0.29, 0.717) is 141 Å². The Balaban J connectivity index is 0.000000188. The summed E-state index contributed by atoms with van der Waals surface area (Å²) in [5.41, 5.74) is 1.58. The number of halogens is 21. The number of carbonyl (C=O) groups excluding carboxylic acids is 5. The molecule has 0 bridgehead atoms. The van der Waals surface area contributed by atoms with Crippen molar-refractivity contribution in [1.29, 1.82) is 0 Å². The third kappa shape index (κ3) is 22.2. The van der Waals surface area contributed by atoms with Crippen LogP contribution in [-0.4, -0.2) is 145 Å². The van der Waals surface area contributed by atoms with Gasteiger partial charge in [0.05, 0.1) is 135 Å². The van der Waals surface area contributed by atoms with E-state index in [9.17, 15) is 81.8 Å². The van der Waals surface area contributed by atoms with Crippen LogP contribution in [0.4, 0.5) is 64.1 Å². The van der Waals surface area contributed by atoms with Gasteiger partial charge in [0.1, 0.15) is 40.6 Å². The first-order chi connectivity index (χ1) is 54.7. The normalized spacial score (nSPS) is 17.9. The van der Waals surface area contributed by atoms with Crippen LogP contribution in [0.1, 0.15) is 88.6 Å². The van der Waals surface area contributed by atoms with Crippen molar-refractivity contribution in [3.05, 3.63) is 181 Å². The maximum absolute atomic E-state index is 14.4. The summed E-state index contributed by atoms with van der Waals surface area (Å²) in [5, 5.41) is 30.7. The first-order valence-electron chi connectivity index (χ1n) is 34.3. The predicted molar refractivity (Wildman–Crippen MR) is 434 cm³/mol. The van der Waals surface area contributed by atoms with Crippen LogP contribution in [0.2, 0.25) is 0 Å². The number of nitrogens with one attached hydrogen (secondary N) is 1. The van der Waals surface area contributed by atoms with Gasteiger partial charge in [-0.15, -0.1) is 0 Å². The van der Waals surface area contributed by atoms with E-state index in [2.05, 4.69) is 153 Å². The van der Waals surface area contributed by atoms with Crippen LogP contribution in [0.5, 0.6) is 40.2 Å². The number of aromatic hydroxyl groups is 2. The van der Waals surface area contributed by atoms with E-state index in [-0.39, 0.29) is 125 Å². The molecule has 3 fully saturated rings. The van der Waals surface area contributed by atoms with Crippen LogP contribution >= 0.6 is 143 Å². The summed E-state index contributed by atoms with van der Waals surface area (Å²) in [5.74, 6) is -8.64. The molecule has 7 aromatic carbocycles. The lowest BCUT2D eigenvalue weighted by Gasteiger charge is -2.27. The van der Waals surface area contributed by atoms with E-state index in [1.165, 1.54) is 21.3 Å². The molecule has 40 heteroatoms. The Bertz CT molecular complexity index is 4820. The van der Waals surface area contributed by atoms with Crippen LogP contribution in [-0.2, 0) is 60.9 Å². The van der Waals surface area contributed by atoms with Crippen molar-refractivity contribution < 1.29 is 130 Å². The number of phenols is 2. The number of nitrogens with zero attached hydrogens (tertiary/aromatic N) is 2. The Labute approximate surface area is 732 Å². The number of benzene rings is 7. The summed E-state index contributed by atoms with van der Waals surface area (Å²) in [7, 11) is 4.18. The molecular formula is C76H70Br9F12N3O16. The number of methoxy groups -OCH3 is 3. The van der Waals surface area contributed by atoms with Crippen molar-refractivity contribution >= 4 is 185 Å². The second-order valence-corrected chi connectivity index (χ2v) is 33.9. The van der Waals surface area contributed by atoms with Gasteiger partial charge in [0.25, 0.3) is 0 Å². The standard InChI is InChI=1S/C16H19BrFNO4.C16H17BrFNO4.C9H5BrF2O2.C8H5Br3F2O.C8H5BrF2O.C7H13NO2.C6H2Br2F2O.C6H4F2O/c2*1-16(15(21)22-2)4-5-19(8-16)13-10(7-20)11(17)12(18)9-3-6-23-14(9)13;10-6-5(3-13)8(12)9-4(7(6)11)1-2-14-9;9-1-2-14-8-5(12)3-4(10)7(13)6(8)11;9-5-3-6(10)8-4(7(5)11)1-2-12-8;1-7(6(9)10-2)3-4-8-5-7;7-2-1-3(9)6(11)4(8)5(2)10;7-4-1-2-5(8)6(9)3-4/h20H,3-8H2,1-2H3;7H,3-6,8H2,1-2H3;2*3H,1-2H2;3H,1-2H2;8H,3-5H2,1-2H3;1,11H;1-3,9H/t2*16-;;;;7-;;/m00...0../s1. The Hall–Kier alpha value is -6.11. The molecule has 0 aromatic heterocycles. The molecular weight excluding hydrogens is 2160 g/mol. The fourth-order valence-corrected chi connectivity index (χ4v) is 17.0. The third-order valence-electron chi connectivity index (χ3n) is 18.7. The third-order valence-corrected chi connectivity index (χ3v) is 24.6. The van der Waals surface area contributed by atoms with E-state index in [0.717, 1.165) is 55.9 Å². The van der Waals surface area contributed by atoms with Gasteiger partial charge in [-0.3, -0.25) is 24.0 Å². The summed E-state index contributed by atoms with van der Waals surface area (Å²) in [4.78, 5) is 61.0. The summed E-state index contributed by atoms with van der Waals surface area (Å²) in [6.45, 7) is 10.7. The second-order valence-electron chi connectivity index (χ2n) is 26.5. The van der Waals surface area contributed by atoms with Gasteiger partial charge in [-0.2, -0.15) is 0 Å². The number of carbonyl (C=O) groups is 5. The number of ether oxygens (including phenoxy) is 8. The molecule has 0 radical (unpaired) electrons. The topological polar surface area (TPSA) is 238 Å². The Morgan fingerprint density at radius 2 is 0.931 bits per heavy atom. The van der Waals surface area contributed by atoms with Gasteiger partial charge in [-0.25, -0.2) is 52.7 Å². The van der Waals surface area contributed by atoms with Gasteiger partial charge in [-0.1, -0.05) is 15.9 Å². The van der Waals surface area contributed by atoms with Crippen molar-refractivity contribution in [1.82, 2.24) is 5.32 Å². The summed E-state index contributed by atoms with van der Waals surface area (Å²) in [6.07, 6.45) is 4.75. The molecule has 0 saturated carbocycles. The number of aliphatic hydroxyl groups is 1. The molecule has 632 valence electrons. The molecule has 0 unspecified atom stereocenters. The lowest BCUT2D eigenvalue weighted by molar-refractivity contribution is -0.151. The highest BCUT2D eigenvalue weighted by molar-refractivity contribution is 9.12. The van der Waals surface area contributed by atoms with E-state index in [1.54, 1.807) is 0 Å². The minimum atomic E-state index is -0.870. The van der Waals surface area contributed by atoms with Gasteiger partial charge >= 0.3 is 17.9 Å². The number of rotatable bonds is 11.